The Labute approximate surface area is 189 Å². The molecule has 0 unspecified atom stereocenters. The number of fused-ring (bicyclic) bond motifs is 3. The number of ether oxygens (including phenoxy) is 1. The van der Waals surface area contributed by atoms with E-state index in [-0.39, 0.29) is 24.1 Å². The first-order chi connectivity index (χ1) is 15.8. The predicted octanol–water partition coefficient (Wildman–Crippen LogP) is 3.58. The number of Topliss-reactive ketones (excluding diaryl/α,β-unsaturated/α-hetero) is 1. The molecule has 0 bridgehead atoms. The quantitative estimate of drug-likeness (QED) is 0.599. The van der Waals surface area contributed by atoms with E-state index in [1.165, 1.54) is 37.3 Å². The van der Waals surface area contributed by atoms with Gasteiger partial charge in [0.2, 0.25) is 17.7 Å². The first kappa shape index (κ1) is 22.1. The molecular weight excluding hydrogens is 427 g/mol. The fraction of sp³-hybridized carbons (Fsp3) is 0.208. The molecule has 0 fully saturated rings. The lowest BCUT2D eigenvalue weighted by atomic mass is 9.98. The van der Waals surface area contributed by atoms with Crippen LogP contribution in [-0.4, -0.2) is 41.2 Å². The summed E-state index contributed by atoms with van der Waals surface area (Å²) in [4.78, 5) is 47.4. The Morgan fingerprint density at radius 2 is 1.85 bits per heavy atom. The highest BCUT2D eigenvalue weighted by atomic mass is 19.1. The van der Waals surface area contributed by atoms with E-state index in [1.54, 1.807) is 31.2 Å². The van der Waals surface area contributed by atoms with Crippen molar-refractivity contribution in [1.29, 1.82) is 0 Å². The number of amides is 2. The first-order valence-corrected chi connectivity index (χ1v) is 10.2. The minimum atomic E-state index is -0.721. The Morgan fingerprint density at radius 3 is 2.52 bits per heavy atom. The van der Waals surface area contributed by atoms with Crippen molar-refractivity contribution in [2.24, 2.45) is 0 Å². The number of carbonyl (C=O) groups excluding carboxylic acids is 3. The Bertz CT molecular complexity index is 1260. The summed E-state index contributed by atoms with van der Waals surface area (Å²) in [5, 5.41) is 2.73. The fourth-order valence-corrected chi connectivity index (χ4v) is 3.74. The highest BCUT2D eigenvalue weighted by molar-refractivity contribution is 6.09. The van der Waals surface area contributed by atoms with E-state index in [1.807, 2.05) is 0 Å². The van der Waals surface area contributed by atoms with Gasteiger partial charge in [-0.2, -0.15) is 0 Å². The van der Waals surface area contributed by atoms with Gasteiger partial charge in [-0.3, -0.25) is 19.4 Å². The maximum Gasteiger partial charge on any atom is 0.244 e. The fourth-order valence-electron chi connectivity index (χ4n) is 3.74. The molecule has 3 heterocycles. The molecule has 1 aromatic carbocycles. The molecule has 4 rings (SSSR count). The molecule has 2 amide bonds. The molecular formula is C24H21FN4O4. The summed E-state index contributed by atoms with van der Waals surface area (Å²) < 4.78 is 19.2. The molecule has 2 aromatic heterocycles. The largest absolute Gasteiger partial charge is 0.481 e. The van der Waals surface area contributed by atoms with Gasteiger partial charge < -0.3 is 15.0 Å². The third kappa shape index (κ3) is 4.30. The van der Waals surface area contributed by atoms with Gasteiger partial charge in [0.1, 0.15) is 12.4 Å². The van der Waals surface area contributed by atoms with Crippen LogP contribution in [0.4, 0.5) is 15.8 Å². The predicted molar refractivity (Wildman–Crippen MR) is 120 cm³/mol. The van der Waals surface area contributed by atoms with E-state index >= 15 is 0 Å². The Balaban J connectivity index is 1.70. The molecule has 0 saturated heterocycles. The second-order valence-corrected chi connectivity index (χ2v) is 7.66. The number of nitrogens with one attached hydrogen (secondary N) is 1. The zero-order chi connectivity index (χ0) is 23.7. The minimum absolute atomic E-state index is 0.0826. The maximum absolute atomic E-state index is 14.0. The highest BCUT2D eigenvalue weighted by Crippen LogP contribution is 2.41. The second-order valence-electron chi connectivity index (χ2n) is 7.66. The molecule has 1 N–H and O–H groups in total. The lowest BCUT2D eigenvalue weighted by molar-refractivity contribution is -0.122. The number of carbonyl (C=O) groups is 3. The molecule has 0 radical (unpaired) electrons. The topological polar surface area (TPSA) is 101 Å². The summed E-state index contributed by atoms with van der Waals surface area (Å²) in [7, 11) is 1.44. The van der Waals surface area contributed by atoms with Crippen LogP contribution in [0.1, 0.15) is 35.8 Å². The summed E-state index contributed by atoms with van der Waals surface area (Å²) in [5.41, 5.74) is 2.68. The zero-order valence-corrected chi connectivity index (χ0v) is 18.3. The second kappa shape index (κ2) is 8.78. The van der Waals surface area contributed by atoms with Crippen molar-refractivity contribution in [3.63, 3.8) is 0 Å². The minimum Gasteiger partial charge on any atom is -0.481 e. The molecule has 1 aliphatic heterocycles. The molecule has 8 nitrogen and oxygen atoms in total. The van der Waals surface area contributed by atoms with Crippen LogP contribution >= 0.6 is 0 Å². The van der Waals surface area contributed by atoms with Gasteiger partial charge in [0.05, 0.1) is 30.6 Å². The number of anilines is 2. The molecule has 3 aromatic rings. The van der Waals surface area contributed by atoms with Gasteiger partial charge in [0.25, 0.3) is 0 Å². The Hall–Kier alpha value is -4.14. The van der Waals surface area contributed by atoms with E-state index in [2.05, 4.69) is 15.3 Å². The summed E-state index contributed by atoms with van der Waals surface area (Å²) in [5.74, 6) is -1.92. The molecule has 1 aliphatic rings. The summed E-state index contributed by atoms with van der Waals surface area (Å²) >= 11 is 0. The summed E-state index contributed by atoms with van der Waals surface area (Å²) in [6.45, 7) is 2.82. The van der Waals surface area contributed by atoms with Crippen molar-refractivity contribution >= 4 is 29.0 Å². The third-order valence-corrected chi connectivity index (χ3v) is 5.46. The molecule has 33 heavy (non-hydrogen) atoms. The average molecular weight is 448 g/mol. The number of hydrogen-bond acceptors (Lipinski definition) is 6. The van der Waals surface area contributed by atoms with E-state index in [0.717, 1.165) is 6.20 Å². The lowest BCUT2D eigenvalue weighted by Gasteiger charge is -2.24. The number of nitrogens with zero attached hydrogens (tertiary/aromatic N) is 3. The van der Waals surface area contributed by atoms with Crippen molar-refractivity contribution in [2.75, 3.05) is 23.9 Å². The van der Waals surface area contributed by atoms with Crippen molar-refractivity contribution < 1.29 is 23.5 Å². The number of pyridine rings is 2. The Morgan fingerprint density at radius 1 is 1.12 bits per heavy atom. The van der Waals surface area contributed by atoms with Crippen LogP contribution in [0.25, 0.3) is 11.1 Å². The van der Waals surface area contributed by atoms with E-state index < -0.39 is 17.6 Å². The van der Waals surface area contributed by atoms with Crippen LogP contribution in [-0.2, 0) is 9.59 Å². The first-order valence-electron chi connectivity index (χ1n) is 10.2. The van der Waals surface area contributed by atoms with Crippen molar-refractivity contribution in [2.45, 2.75) is 19.8 Å². The molecule has 0 aliphatic carbocycles. The SMILES string of the molecule is COc1cc2c(cn1)-c1cc(F)cnc1[C@@H](C)C(=O)N2CC(=O)Nc1ccc(C(C)=O)cc1. The average Bonchev–Trinajstić information content (AvgIpc) is 2.88. The van der Waals surface area contributed by atoms with Gasteiger partial charge in [-0.1, -0.05) is 0 Å². The van der Waals surface area contributed by atoms with Crippen LogP contribution in [0.2, 0.25) is 0 Å². The van der Waals surface area contributed by atoms with Crippen LogP contribution in [0.5, 0.6) is 5.88 Å². The van der Waals surface area contributed by atoms with Crippen molar-refractivity contribution in [3.05, 3.63) is 65.9 Å². The number of halogens is 1. The van der Waals surface area contributed by atoms with Crippen LogP contribution in [0.3, 0.4) is 0 Å². The Kier molecular flexibility index (Phi) is 5.87. The number of aromatic nitrogens is 2. The molecule has 1 atom stereocenters. The third-order valence-electron chi connectivity index (χ3n) is 5.46. The van der Waals surface area contributed by atoms with E-state index in [9.17, 15) is 18.8 Å². The molecule has 0 spiro atoms. The smallest absolute Gasteiger partial charge is 0.244 e. The number of ketones is 1. The molecule has 9 heteroatoms. The number of rotatable bonds is 5. The van der Waals surface area contributed by atoms with Gasteiger partial charge in [0.15, 0.2) is 5.78 Å². The van der Waals surface area contributed by atoms with Gasteiger partial charge in [-0.05, 0) is 44.2 Å². The number of hydrogen-bond donors (Lipinski definition) is 1. The van der Waals surface area contributed by atoms with E-state index in [4.69, 9.17) is 4.74 Å². The van der Waals surface area contributed by atoms with Crippen LogP contribution in [0, 0.1) is 5.82 Å². The van der Waals surface area contributed by atoms with Gasteiger partial charge in [0, 0.05) is 34.6 Å². The highest BCUT2D eigenvalue weighted by Gasteiger charge is 2.34. The summed E-state index contributed by atoms with van der Waals surface area (Å²) in [6.07, 6.45) is 2.54. The van der Waals surface area contributed by atoms with Gasteiger partial charge in [-0.25, -0.2) is 9.37 Å². The lowest BCUT2D eigenvalue weighted by Crippen LogP contribution is -2.40. The van der Waals surface area contributed by atoms with Gasteiger partial charge in [-0.15, -0.1) is 0 Å². The molecule has 168 valence electrons. The normalized spacial score (nSPS) is 14.7. The zero-order valence-electron chi connectivity index (χ0n) is 18.3. The molecule has 0 saturated carbocycles. The van der Waals surface area contributed by atoms with Crippen LogP contribution in [0.15, 0.2) is 48.8 Å². The van der Waals surface area contributed by atoms with Gasteiger partial charge >= 0.3 is 0 Å². The van der Waals surface area contributed by atoms with Crippen molar-refractivity contribution in [3.8, 4) is 17.0 Å². The summed E-state index contributed by atoms with van der Waals surface area (Å²) in [6, 6.07) is 9.30. The number of methoxy groups -OCH3 is 1. The number of benzene rings is 1. The standard InChI is InChI=1S/C24H21FN4O4/c1-13-23-18(8-16(25)10-27-23)19-11-26-22(33-3)9-20(19)29(24(13)32)12-21(31)28-17-6-4-15(5-7-17)14(2)30/h4-11,13H,12H2,1-3H3,(H,28,31)/t13-/m1/s1. The monoisotopic (exact) mass is 448 g/mol. The maximum atomic E-state index is 14.0. The van der Waals surface area contributed by atoms with E-state index in [0.29, 0.717) is 33.8 Å². The van der Waals surface area contributed by atoms with Crippen LogP contribution < -0.4 is 15.0 Å². The van der Waals surface area contributed by atoms with Crippen molar-refractivity contribution in [1.82, 2.24) is 9.97 Å².